The van der Waals surface area contributed by atoms with Gasteiger partial charge in [0.15, 0.2) is 0 Å². The molecule has 2 fully saturated rings. The van der Waals surface area contributed by atoms with Crippen molar-refractivity contribution in [1.29, 1.82) is 5.26 Å². The van der Waals surface area contributed by atoms with E-state index >= 15 is 0 Å². The Bertz CT molecular complexity index is 632. The number of hydrogen-bond acceptors (Lipinski definition) is 4. The van der Waals surface area contributed by atoms with Gasteiger partial charge in [0, 0.05) is 25.4 Å². The molecular weight excluding hydrogens is 304 g/mol. The van der Waals surface area contributed by atoms with Crippen molar-refractivity contribution in [2.75, 3.05) is 32.9 Å². The van der Waals surface area contributed by atoms with Crippen LogP contribution in [0.15, 0.2) is 24.3 Å². The molecule has 0 aromatic heterocycles. The Kier molecular flexibility index (Phi) is 5.17. The maximum Gasteiger partial charge on any atom is 0.254 e. The predicted octanol–water partition coefficient (Wildman–Crippen LogP) is 2.61. The Morgan fingerprint density at radius 1 is 1.50 bits per heavy atom. The maximum absolute atomic E-state index is 12.6. The van der Waals surface area contributed by atoms with Crippen molar-refractivity contribution in [2.45, 2.75) is 31.8 Å². The van der Waals surface area contributed by atoms with Gasteiger partial charge < -0.3 is 14.4 Å². The van der Waals surface area contributed by atoms with E-state index in [9.17, 15) is 4.79 Å². The molecule has 128 valence electrons. The predicted molar refractivity (Wildman–Crippen MR) is 89.6 cm³/mol. The molecule has 2 aliphatic heterocycles. The molecule has 5 heteroatoms. The number of benzene rings is 1. The SMILES string of the molecule is CCOCC[C@@H]1CCOC2(C1)CN(C(=O)c1cccc(C#N)c1)C2. The first-order valence-corrected chi connectivity index (χ1v) is 8.67. The van der Waals surface area contributed by atoms with Crippen LogP contribution in [0.1, 0.15) is 42.1 Å². The number of rotatable bonds is 5. The van der Waals surface area contributed by atoms with Crippen LogP contribution >= 0.6 is 0 Å². The molecule has 2 saturated heterocycles. The van der Waals surface area contributed by atoms with E-state index < -0.39 is 0 Å². The van der Waals surface area contributed by atoms with Gasteiger partial charge in [-0.3, -0.25) is 4.79 Å². The second-order valence-electron chi connectivity index (χ2n) is 6.73. The molecule has 0 unspecified atom stereocenters. The summed E-state index contributed by atoms with van der Waals surface area (Å²) >= 11 is 0. The summed E-state index contributed by atoms with van der Waals surface area (Å²) in [7, 11) is 0. The lowest BCUT2D eigenvalue weighted by molar-refractivity contribution is -0.167. The van der Waals surface area contributed by atoms with Crippen LogP contribution in [0.25, 0.3) is 0 Å². The van der Waals surface area contributed by atoms with Crippen molar-refractivity contribution in [3.63, 3.8) is 0 Å². The number of nitrogens with zero attached hydrogens (tertiary/aromatic N) is 2. The Morgan fingerprint density at radius 3 is 3.08 bits per heavy atom. The molecule has 0 saturated carbocycles. The van der Waals surface area contributed by atoms with Crippen molar-refractivity contribution in [3.8, 4) is 6.07 Å². The highest BCUT2D eigenvalue weighted by Gasteiger charge is 2.49. The highest BCUT2D eigenvalue weighted by Crippen LogP contribution is 2.38. The Labute approximate surface area is 143 Å². The second kappa shape index (κ2) is 7.33. The van der Waals surface area contributed by atoms with Crippen LogP contribution in [0.2, 0.25) is 0 Å². The lowest BCUT2D eigenvalue weighted by Crippen LogP contribution is -2.66. The lowest BCUT2D eigenvalue weighted by Gasteiger charge is -2.53. The van der Waals surface area contributed by atoms with Gasteiger partial charge in [0.1, 0.15) is 5.60 Å². The zero-order chi connectivity index (χ0) is 17.0. The minimum absolute atomic E-state index is 0.0160. The van der Waals surface area contributed by atoms with Crippen molar-refractivity contribution in [1.82, 2.24) is 4.90 Å². The van der Waals surface area contributed by atoms with Gasteiger partial charge in [-0.15, -0.1) is 0 Å². The van der Waals surface area contributed by atoms with Crippen molar-refractivity contribution in [3.05, 3.63) is 35.4 Å². The van der Waals surface area contributed by atoms with E-state index in [1.165, 1.54) is 0 Å². The van der Waals surface area contributed by atoms with Gasteiger partial charge in [-0.25, -0.2) is 0 Å². The van der Waals surface area contributed by atoms with E-state index in [-0.39, 0.29) is 11.5 Å². The fourth-order valence-corrected chi connectivity index (χ4v) is 3.69. The average molecular weight is 328 g/mol. The minimum Gasteiger partial charge on any atom is -0.382 e. The van der Waals surface area contributed by atoms with E-state index in [2.05, 4.69) is 6.07 Å². The third-order valence-corrected chi connectivity index (χ3v) is 4.95. The van der Waals surface area contributed by atoms with Crippen LogP contribution < -0.4 is 0 Å². The zero-order valence-corrected chi connectivity index (χ0v) is 14.2. The van der Waals surface area contributed by atoms with Gasteiger partial charge in [-0.2, -0.15) is 5.26 Å². The highest BCUT2D eigenvalue weighted by molar-refractivity contribution is 5.95. The Morgan fingerprint density at radius 2 is 2.33 bits per heavy atom. The summed E-state index contributed by atoms with van der Waals surface area (Å²) in [6, 6.07) is 8.96. The van der Waals surface area contributed by atoms with Crippen LogP contribution in [0, 0.1) is 17.2 Å². The number of carbonyl (C=O) groups excluding carboxylic acids is 1. The van der Waals surface area contributed by atoms with E-state index in [4.69, 9.17) is 14.7 Å². The molecule has 0 radical (unpaired) electrons. The molecule has 1 spiro atoms. The van der Waals surface area contributed by atoms with Gasteiger partial charge in [-0.1, -0.05) is 6.07 Å². The smallest absolute Gasteiger partial charge is 0.254 e. The van der Waals surface area contributed by atoms with Gasteiger partial charge in [0.05, 0.1) is 24.7 Å². The average Bonchev–Trinajstić information content (AvgIpc) is 2.59. The molecule has 0 aliphatic carbocycles. The molecule has 1 aromatic carbocycles. The van der Waals surface area contributed by atoms with E-state index in [0.29, 0.717) is 30.1 Å². The Balaban J connectivity index is 1.55. The summed E-state index contributed by atoms with van der Waals surface area (Å²) in [5, 5.41) is 8.97. The number of likely N-dealkylation sites (tertiary alicyclic amines) is 1. The van der Waals surface area contributed by atoms with E-state index in [1.54, 1.807) is 24.3 Å². The van der Waals surface area contributed by atoms with E-state index in [1.807, 2.05) is 11.8 Å². The van der Waals surface area contributed by atoms with Crippen molar-refractivity contribution < 1.29 is 14.3 Å². The molecule has 0 bridgehead atoms. The molecule has 1 aromatic rings. The van der Waals surface area contributed by atoms with Crippen LogP contribution in [0.5, 0.6) is 0 Å². The summed E-state index contributed by atoms with van der Waals surface area (Å²) in [4.78, 5) is 14.4. The number of amides is 1. The first-order valence-electron chi connectivity index (χ1n) is 8.67. The maximum atomic E-state index is 12.6. The molecule has 2 heterocycles. The molecule has 5 nitrogen and oxygen atoms in total. The van der Waals surface area contributed by atoms with Gasteiger partial charge in [0.25, 0.3) is 5.91 Å². The summed E-state index contributed by atoms with van der Waals surface area (Å²) in [5.74, 6) is 0.599. The fourth-order valence-electron chi connectivity index (χ4n) is 3.69. The van der Waals surface area contributed by atoms with Crippen molar-refractivity contribution >= 4 is 5.91 Å². The first-order chi connectivity index (χ1) is 11.7. The number of ether oxygens (including phenoxy) is 2. The quantitative estimate of drug-likeness (QED) is 0.780. The number of hydrogen-bond donors (Lipinski definition) is 0. The molecule has 1 atom stereocenters. The molecule has 2 aliphatic rings. The third-order valence-electron chi connectivity index (χ3n) is 4.95. The Hall–Kier alpha value is -1.90. The summed E-state index contributed by atoms with van der Waals surface area (Å²) in [6.07, 6.45) is 3.15. The highest BCUT2D eigenvalue weighted by atomic mass is 16.5. The molecule has 24 heavy (non-hydrogen) atoms. The van der Waals surface area contributed by atoms with Crippen molar-refractivity contribution in [2.24, 2.45) is 5.92 Å². The van der Waals surface area contributed by atoms with Crippen LogP contribution in [0.3, 0.4) is 0 Å². The third kappa shape index (κ3) is 3.61. The summed E-state index contributed by atoms with van der Waals surface area (Å²) in [5.41, 5.74) is 0.922. The summed E-state index contributed by atoms with van der Waals surface area (Å²) in [6.45, 7) is 5.64. The monoisotopic (exact) mass is 328 g/mol. The standard InChI is InChI=1S/C19H24N2O3/c1-2-23-8-6-15-7-9-24-19(11-15)13-21(14-19)18(22)17-5-3-4-16(10-17)12-20/h3-5,10,15H,2,6-9,11,13-14H2,1H3/t15-/m1/s1. The normalized spacial score (nSPS) is 22.0. The molecular formula is C19H24N2O3. The molecule has 0 N–H and O–H groups in total. The van der Waals surface area contributed by atoms with Gasteiger partial charge >= 0.3 is 0 Å². The second-order valence-corrected chi connectivity index (χ2v) is 6.73. The largest absolute Gasteiger partial charge is 0.382 e. The lowest BCUT2D eigenvalue weighted by atomic mass is 9.79. The molecule has 1 amide bonds. The van der Waals surface area contributed by atoms with Crippen LogP contribution in [-0.2, 0) is 9.47 Å². The van der Waals surface area contributed by atoms with Crippen LogP contribution in [0.4, 0.5) is 0 Å². The van der Waals surface area contributed by atoms with Gasteiger partial charge in [0.2, 0.25) is 0 Å². The minimum atomic E-state index is -0.169. The van der Waals surface area contributed by atoms with E-state index in [0.717, 1.165) is 39.1 Å². The zero-order valence-electron chi connectivity index (χ0n) is 14.2. The topological polar surface area (TPSA) is 62.6 Å². The first kappa shape index (κ1) is 16.9. The number of nitriles is 1. The summed E-state index contributed by atoms with van der Waals surface area (Å²) < 4.78 is 11.5. The molecule has 3 rings (SSSR count). The fraction of sp³-hybridized carbons (Fsp3) is 0.579. The van der Waals surface area contributed by atoms with Crippen LogP contribution in [-0.4, -0.2) is 49.3 Å². The van der Waals surface area contributed by atoms with Gasteiger partial charge in [-0.05, 0) is 50.3 Å². The number of carbonyl (C=O) groups is 1.